The van der Waals surface area contributed by atoms with Crippen LogP contribution in [0.2, 0.25) is 0 Å². The first-order valence-corrected chi connectivity index (χ1v) is 3.57. The molecule has 0 aromatic heterocycles. The molecule has 4 nitrogen and oxygen atoms in total. The number of benzene rings is 1. The van der Waals surface area contributed by atoms with Gasteiger partial charge in [-0.3, -0.25) is 5.01 Å². The average molecular weight is 165 g/mol. The van der Waals surface area contributed by atoms with Crippen LogP contribution < -0.4 is 0 Å². The molecule has 0 atom stereocenters. The van der Waals surface area contributed by atoms with Crippen LogP contribution in [0.15, 0.2) is 34.6 Å². The lowest BCUT2D eigenvalue weighted by atomic mass is 10.3. The van der Waals surface area contributed by atoms with Gasteiger partial charge < -0.3 is 5.11 Å². The van der Waals surface area contributed by atoms with E-state index in [2.05, 4.69) is 10.3 Å². The Kier molecular flexibility index (Phi) is 2.63. The van der Waals surface area contributed by atoms with Gasteiger partial charge in [0.05, 0.1) is 0 Å². The summed E-state index contributed by atoms with van der Waals surface area (Å²) in [5.41, 5.74) is 0.478. The van der Waals surface area contributed by atoms with Crippen LogP contribution >= 0.6 is 0 Å². The first kappa shape index (κ1) is 8.52. The van der Waals surface area contributed by atoms with Gasteiger partial charge in [0, 0.05) is 14.1 Å². The van der Waals surface area contributed by atoms with Crippen LogP contribution in [0.25, 0.3) is 0 Å². The van der Waals surface area contributed by atoms with Gasteiger partial charge in [-0.1, -0.05) is 17.4 Å². The SMILES string of the molecule is CN(C)N=Nc1ccccc1O. The quantitative estimate of drug-likeness (QED) is 0.537. The predicted octanol–water partition coefficient (Wildman–Crippen LogP) is 1.95. The van der Waals surface area contributed by atoms with Crippen molar-refractivity contribution >= 4 is 5.69 Å². The molecule has 1 aromatic rings. The summed E-state index contributed by atoms with van der Waals surface area (Å²) in [6.45, 7) is 0. The molecule has 0 saturated carbocycles. The van der Waals surface area contributed by atoms with Gasteiger partial charge in [0.15, 0.2) is 0 Å². The van der Waals surface area contributed by atoms with Crippen molar-refractivity contribution in [2.45, 2.75) is 0 Å². The molecule has 0 amide bonds. The summed E-state index contributed by atoms with van der Waals surface area (Å²) < 4.78 is 0. The Morgan fingerprint density at radius 2 is 1.92 bits per heavy atom. The van der Waals surface area contributed by atoms with Crippen LogP contribution in [0.1, 0.15) is 0 Å². The fraction of sp³-hybridized carbons (Fsp3) is 0.250. The molecule has 1 N–H and O–H groups in total. The molecule has 0 unspecified atom stereocenters. The van der Waals surface area contributed by atoms with Crippen molar-refractivity contribution in [3.63, 3.8) is 0 Å². The van der Waals surface area contributed by atoms with Crippen molar-refractivity contribution in [2.75, 3.05) is 14.1 Å². The Morgan fingerprint density at radius 3 is 2.50 bits per heavy atom. The Labute approximate surface area is 71.1 Å². The fourth-order valence-corrected chi connectivity index (χ4v) is 0.686. The van der Waals surface area contributed by atoms with Crippen LogP contribution in [0.3, 0.4) is 0 Å². The smallest absolute Gasteiger partial charge is 0.143 e. The van der Waals surface area contributed by atoms with E-state index in [1.54, 1.807) is 43.4 Å². The minimum Gasteiger partial charge on any atom is -0.506 e. The topological polar surface area (TPSA) is 48.2 Å². The third-order valence-electron chi connectivity index (χ3n) is 1.21. The van der Waals surface area contributed by atoms with Gasteiger partial charge in [-0.2, -0.15) is 0 Å². The van der Waals surface area contributed by atoms with Gasteiger partial charge >= 0.3 is 0 Å². The third-order valence-corrected chi connectivity index (χ3v) is 1.21. The lowest BCUT2D eigenvalue weighted by Crippen LogP contribution is -1.98. The lowest BCUT2D eigenvalue weighted by molar-refractivity contribution is 0.406. The van der Waals surface area contributed by atoms with Crippen molar-refractivity contribution < 1.29 is 5.11 Å². The molecular weight excluding hydrogens is 154 g/mol. The van der Waals surface area contributed by atoms with Gasteiger partial charge in [0.25, 0.3) is 0 Å². The average Bonchev–Trinajstić information content (AvgIpc) is 2.03. The van der Waals surface area contributed by atoms with Crippen molar-refractivity contribution in [2.24, 2.45) is 10.3 Å². The van der Waals surface area contributed by atoms with Crippen LogP contribution in [-0.2, 0) is 0 Å². The van der Waals surface area contributed by atoms with Crippen molar-refractivity contribution in [1.82, 2.24) is 5.01 Å². The summed E-state index contributed by atoms with van der Waals surface area (Å²) in [6.07, 6.45) is 0. The first-order chi connectivity index (χ1) is 5.70. The summed E-state index contributed by atoms with van der Waals surface area (Å²) in [5.74, 6) is 0.142. The summed E-state index contributed by atoms with van der Waals surface area (Å²) >= 11 is 0. The van der Waals surface area contributed by atoms with E-state index in [0.29, 0.717) is 5.69 Å². The van der Waals surface area contributed by atoms with Gasteiger partial charge in [-0.05, 0) is 12.1 Å². The second-order valence-electron chi connectivity index (χ2n) is 2.53. The van der Waals surface area contributed by atoms with Crippen molar-refractivity contribution in [1.29, 1.82) is 0 Å². The van der Waals surface area contributed by atoms with Crippen LogP contribution in [0.4, 0.5) is 5.69 Å². The number of hydrogen-bond donors (Lipinski definition) is 1. The minimum atomic E-state index is 0.142. The summed E-state index contributed by atoms with van der Waals surface area (Å²) in [4.78, 5) is 0. The number of para-hydroxylation sites is 1. The van der Waals surface area contributed by atoms with Crippen LogP contribution in [0, 0.1) is 0 Å². The zero-order valence-electron chi connectivity index (χ0n) is 7.10. The highest BCUT2D eigenvalue weighted by Gasteiger charge is 1.95. The molecule has 1 aromatic carbocycles. The molecule has 12 heavy (non-hydrogen) atoms. The number of rotatable bonds is 2. The molecule has 0 aliphatic carbocycles. The van der Waals surface area contributed by atoms with Gasteiger partial charge in [0.2, 0.25) is 0 Å². The van der Waals surface area contributed by atoms with Gasteiger partial charge in [-0.25, -0.2) is 0 Å². The van der Waals surface area contributed by atoms with E-state index in [1.165, 1.54) is 0 Å². The minimum absolute atomic E-state index is 0.142. The lowest BCUT2D eigenvalue weighted by Gasteiger charge is -2.00. The number of aromatic hydroxyl groups is 1. The number of nitrogens with zero attached hydrogens (tertiary/aromatic N) is 3. The molecule has 0 heterocycles. The molecule has 0 spiro atoms. The molecule has 1 rings (SSSR count). The summed E-state index contributed by atoms with van der Waals surface area (Å²) in [5, 5.41) is 18.4. The van der Waals surface area contributed by atoms with Crippen molar-refractivity contribution in [3.05, 3.63) is 24.3 Å². The maximum Gasteiger partial charge on any atom is 0.143 e. The fourth-order valence-electron chi connectivity index (χ4n) is 0.686. The Morgan fingerprint density at radius 1 is 1.25 bits per heavy atom. The molecule has 0 fully saturated rings. The predicted molar refractivity (Wildman–Crippen MR) is 46.3 cm³/mol. The maximum atomic E-state index is 9.25. The largest absolute Gasteiger partial charge is 0.506 e. The second kappa shape index (κ2) is 3.71. The van der Waals surface area contributed by atoms with E-state index < -0.39 is 0 Å². The van der Waals surface area contributed by atoms with Gasteiger partial charge in [0.1, 0.15) is 11.4 Å². The zero-order valence-corrected chi connectivity index (χ0v) is 7.10. The molecule has 4 heteroatoms. The summed E-state index contributed by atoms with van der Waals surface area (Å²) in [7, 11) is 3.53. The highest BCUT2D eigenvalue weighted by molar-refractivity contribution is 5.49. The number of phenolic OH excluding ortho intramolecular Hbond substituents is 1. The van der Waals surface area contributed by atoms with E-state index in [9.17, 15) is 5.11 Å². The Balaban J connectivity index is 2.82. The zero-order chi connectivity index (χ0) is 8.97. The van der Waals surface area contributed by atoms with Crippen LogP contribution in [-0.4, -0.2) is 24.2 Å². The van der Waals surface area contributed by atoms with E-state index in [1.807, 2.05) is 0 Å². The Bertz CT molecular complexity index is 283. The van der Waals surface area contributed by atoms with E-state index in [0.717, 1.165) is 0 Å². The standard InChI is InChI=1S/C8H11N3O/c1-11(2)10-9-7-5-3-4-6-8(7)12/h3-6,12H,1-2H3. The molecule has 0 aliphatic heterocycles. The normalized spacial score (nSPS) is 10.5. The molecule has 0 aliphatic rings. The van der Waals surface area contributed by atoms with Gasteiger partial charge in [-0.15, -0.1) is 5.11 Å². The van der Waals surface area contributed by atoms with Crippen LogP contribution in [0.5, 0.6) is 5.75 Å². The number of phenols is 1. The van der Waals surface area contributed by atoms with E-state index >= 15 is 0 Å². The highest BCUT2D eigenvalue weighted by atomic mass is 16.3. The molecular formula is C8H11N3O. The molecule has 0 radical (unpaired) electrons. The highest BCUT2D eigenvalue weighted by Crippen LogP contribution is 2.24. The van der Waals surface area contributed by atoms with Crippen molar-refractivity contribution in [3.8, 4) is 5.75 Å². The van der Waals surface area contributed by atoms with E-state index in [-0.39, 0.29) is 5.75 Å². The molecule has 0 saturated heterocycles. The Hall–Kier alpha value is -1.58. The van der Waals surface area contributed by atoms with E-state index in [4.69, 9.17) is 0 Å². The third kappa shape index (κ3) is 2.23. The maximum absolute atomic E-state index is 9.25. The number of hydrogen-bond acceptors (Lipinski definition) is 3. The monoisotopic (exact) mass is 165 g/mol. The molecule has 0 bridgehead atoms. The first-order valence-electron chi connectivity index (χ1n) is 3.57. The summed E-state index contributed by atoms with van der Waals surface area (Å²) in [6, 6.07) is 6.81. The molecule has 64 valence electrons. The second-order valence-corrected chi connectivity index (χ2v) is 2.53.